The van der Waals surface area contributed by atoms with Crippen molar-refractivity contribution in [2.75, 3.05) is 4.90 Å². The van der Waals surface area contributed by atoms with Crippen LogP contribution in [0.3, 0.4) is 0 Å². The van der Waals surface area contributed by atoms with Crippen molar-refractivity contribution in [3.05, 3.63) is 277 Å². The van der Waals surface area contributed by atoms with Crippen LogP contribution in [0, 0.1) is 0 Å². The quantitative estimate of drug-likeness (QED) is 0.162. The van der Waals surface area contributed by atoms with E-state index in [9.17, 15) is 0 Å². The molecule has 0 unspecified atom stereocenters. The highest BCUT2D eigenvalue weighted by molar-refractivity contribution is 6.19. The molecule has 1 spiro atoms. The summed E-state index contributed by atoms with van der Waals surface area (Å²) >= 11 is 0. The zero-order chi connectivity index (χ0) is 44.1. The van der Waals surface area contributed by atoms with Crippen molar-refractivity contribution < 1.29 is 0 Å². The van der Waals surface area contributed by atoms with Crippen LogP contribution in [0.25, 0.3) is 82.8 Å². The summed E-state index contributed by atoms with van der Waals surface area (Å²) in [6.07, 6.45) is 0. The van der Waals surface area contributed by atoms with E-state index in [4.69, 9.17) is 0 Å². The third kappa shape index (κ3) is 5.45. The molecule has 0 amide bonds. The third-order valence-corrected chi connectivity index (χ3v) is 14.6. The van der Waals surface area contributed by atoms with Crippen LogP contribution in [0.1, 0.15) is 22.3 Å². The molecule has 67 heavy (non-hydrogen) atoms. The fourth-order valence-electron chi connectivity index (χ4n) is 11.8. The fourth-order valence-corrected chi connectivity index (χ4v) is 11.8. The van der Waals surface area contributed by atoms with Crippen molar-refractivity contribution in [1.29, 1.82) is 0 Å². The van der Waals surface area contributed by atoms with E-state index in [1.165, 1.54) is 99.3 Å². The van der Waals surface area contributed by atoms with E-state index in [1.807, 2.05) is 0 Å². The lowest BCUT2D eigenvalue weighted by molar-refractivity contribution is 0.793. The molecule has 2 heteroatoms. The van der Waals surface area contributed by atoms with Gasteiger partial charge in [-0.25, -0.2) is 0 Å². The molecule has 12 aromatic rings. The largest absolute Gasteiger partial charge is 0.310 e. The maximum Gasteiger partial charge on any atom is 0.0726 e. The molecular weight excluding hydrogens is 809 g/mol. The van der Waals surface area contributed by atoms with Crippen molar-refractivity contribution in [3.8, 4) is 50.2 Å². The summed E-state index contributed by atoms with van der Waals surface area (Å²) in [6.45, 7) is 0. The molecular formula is C65H42N2. The Hall–Kier alpha value is -8.72. The minimum absolute atomic E-state index is 0.448. The Labute approximate surface area is 389 Å². The van der Waals surface area contributed by atoms with Crippen LogP contribution in [0.15, 0.2) is 255 Å². The number of aromatic nitrogens is 1. The van der Waals surface area contributed by atoms with Crippen LogP contribution in [0.4, 0.5) is 17.1 Å². The molecule has 0 N–H and O–H groups in total. The smallest absolute Gasteiger partial charge is 0.0726 e. The van der Waals surface area contributed by atoms with Gasteiger partial charge in [-0.3, -0.25) is 0 Å². The molecule has 1 heterocycles. The Morgan fingerprint density at radius 2 is 0.851 bits per heavy atom. The van der Waals surface area contributed by atoms with Gasteiger partial charge >= 0.3 is 0 Å². The summed E-state index contributed by atoms with van der Waals surface area (Å²) < 4.78 is 2.45. The van der Waals surface area contributed by atoms with Gasteiger partial charge in [0, 0.05) is 38.8 Å². The summed E-state index contributed by atoms with van der Waals surface area (Å²) in [5.74, 6) is 0. The van der Waals surface area contributed by atoms with Crippen molar-refractivity contribution in [2.45, 2.75) is 5.41 Å². The average molecular weight is 851 g/mol. The van der Waals surface area contributed by atoms with Crippen molar-refractivity contribution in [1.82, 2.24) is 4.57 Å². The highest BCUT2D eigenvalue weighted by Gasteiger charge is 2.51. The second-order valence-electron chi connectivity index (χ2n) is 18.0. The molecule has 0 bridgehead atoms. The van der Waals surface area contributed by atoms with E-state index in [0.29, 0.717) is 0 Å². The van der Waals surface area contributed by atoms with Crippen LogP contribution in [-0.2, 0) is 5.41 Å². The van der Waals surface area contributed by atoms with Gasteiger partial charge in [0.1, 0.15) is 0 Å². The van der Waals surface area contributed by atoms with E-state index in [-0.39, 0.29) is 0 Å². The molecule has 312 valence electrons. The molecule has 0 fully saturated rings. The Morgan fingerprint density at radius 1 is 0.313 bits per heavy atom. The summed E-state index contributed by atoms with van der Waals surface area (Å²) in [5.41, 5.74) is 21.7. The van der Waals surface area contributed by atoms with E-state index < -0.39 is 5.41 Å². The maximum atomic E-state index is 2.49. The summed E-state index contributed by atoms with van der Waals surface area (Å²) in [7, 11) is 0. The molecule has 11 aromatic carbocycles. The van der Waals surface area contributed by atoms with Gasteiger partial charge < -0.3 is 9.47 Å². The van der Waals surface area contributed by atoms with E-state index in [2.05, 4.69) is 264 Å². The van der Waals surface area contributed by atoms with Gasteiger partial charge in [0.05, 0.1) is 22.1 Å². The van der Waals surface area contributed by atoms with Gasteiger partial charge in [0.2, 0.25) is 0 Å². The van der Waals surface area contributed by atoms with Gasteiger partial charge in [-0.1, -0.05) is 206 Å². The molecule has 2 aliphatic rings. The Kier molecular flexibility index (Phi) is 8.23. The number of para-hydroxylation sites is 2. The summed E-state index contributed by atoms with van der Waals surface area (Å²) in [4.78, 5) is 2.47. The zero-order valence-corrected chi connectivity index (χ0v) is 36.6. The van der Waals surface area contributed by atoms with Crippen LogP contribution in [-0.4, -0.2) is 4.57 Å². The van der Waals surface area contributed by atoms with Crippen molar-refractivity contribution in [3.63, 3.8) is 0 Å². The third-order valence-electron chi connectivity index (χ3n) is 14.6. The first kappa shape index (κ1) is 37.6. The minimum Gasteiger partial charge on any atom is -0.310 e. The van der Waals surface area contributed by atoms with Crippen LogP contribution >= 0.6 is 0 Å². The molecule has 0 saturated carbocycles. The molecule has 0 radical (unpaired) electrons. The molecule has 2 aliphatic carbocycles. The maximum absolute atomic E-state index is 2.49. The standard InChI is InChI=1S/C65H42N2/c1-3-17-44(18-4-1)50-22-12-16-30-62(50)66(49-37-40-55-54-26-11-15-29-60(54)65(61(55)42-49)58-27-13-9-24-52(58)53-25-10-14-28-59(53)65)48-35-31-43(32-36-48)46-34-38-56-57-39-33-45-19-7-8-23-51(45)64(57)67(63(56)41-46)47-20-5-2-6-21-47/h1-42H. The number of hydrogen-bond acceptors (Lipinski definition) is 1. The predicted molar refractivity (Wildman–Crippen MR) is 280 cm³/mol. The zero-order valence-electron chi connectivity index (χ0n) is 36.6. The topological polar surface area (TPSA) is 8.17 Å². The van der Waals surface area contributed by atoms with Gasteiger partial charge in [0.25, 0.3) is 0 Å². The SMILES string of the molecule is c1ccc(-c2ccccc2N(c2ccc(-c3ccc4c5ccc6ccccc6c5n(-c5ccccc5)c4c3)cc2)c2ccc3c(c2)C2(c4ccccc4-c4ccccc42)c2ccccc2-3)cc1. The molecule has 1 aromatic heterocycles. The Bertz CT molecular complexity index is 3850. The number of rotatable bonds is 6. The van der Waals surface area contributed by atoms with E-state index >= 15 is 0 Å². The van der Waals surface area contributed by atoms with Crippen molar-refractivity contribution in [2.24, 2.45) is 0 Å². The second-order valence-corrected chi connectivity index (χ2v) is 18.0. The first-order valence-corrected chi connectivity index (χ1v) is 23.3. The molecule has 0 aliphatic heterocycles. The van der Waals surface area contributed by atoms with Gasteiger partial charge in [-0.05, 0) is 115 Å². The monoisotopic (exact) mass is 850 g/mol. The number of nitrogens with zero attached hydrogens (tertiary/aromatic N) is 2. The molecule has 2 nitrogen and oxygen atoms in total. The van der Waals surface area contributed by atoms with E-state index in [1.54, 1.807) is 0 Å². The summed E-state index contributed by atoms with van der Waals surface area (Å²) in [5, 5.41) is 5.00. The van der Waals surface area contributed by atoms with Crippen LogP contribution in [0.5, 0.6) is 0 Å². The summed E-state index contributed by atoms with van der Waals surface area (Å²) in [6, 6.07) is 94.3. The van der Waals surface area contributed by atoms with Crippen LogP contribution < -0.4 is 4.90 Å². The average Bonchev–Trinajstić information content (AvgIpc) is 4.01. The lowest BCUT2D eigenvalue weighted by Crippen LogP contribution is -2.26. The molecule has 14 rings (SSSR count). The normalized spacial score (nSPS) is 12.9. The number of hydrogen-bond donors (Lipinski definition) is 0. The first-order valence-electron chi connectivity index (χ1n) is 23.3. The van der Waals surface area contributed by atoms with Gasteiger partial charge in [-0.15, -0.1) is 0 Å². The van der Waals surface area contributed by atoms with E-state index in [0.717, 1.165) is 22.7 Å². The van der Waals surface area contributed by atoms with Gasteiger partial charge in [0.15, 0.2) is 0 Å². The molecule has 0 atom stereocenters. The predicted octanol–water partition coefficient (Wildman–Crippen LogP) is 17.1. The Balaban J connectivity index is 0.961. The molecule has 0 saturated heterocycles. The highest BCUT2D eigenvalue weighted by atomic mass is 15.1. The lowest BCUT2D eigenvalue weighted by Gasteiger charge is -2.32. The van der Waals surface area contributed by atoms with Gasteiger partial charge in [-0.2, -0.15) is 0 Å². The van der Waals surface area contributed by atoms with Crippen molar-refractivity contribution >= 4 is 49.6 Å². The number of benzene rings is 11. The Morgan fingerprint density at radius 3 is 1.55 bits per heavy atom. The van der Waals surface area contributed by atoms with Crippen LogP contribution in [0.2, 0.25) is 0 Å². The minimum atomic E-state index is -0.448. The highest BCUT2D eigenvalue weighted by Crippen LogP contribution is 2.63. The fraction of sp³-hybridized carbons (Fsp3) is 0.0154. The second kappa shape index (κ2) is 14.7. The number of fused-ring (bicyclic) bond motifs is 15. The number of anilines is 3. The first-order chi connectivity index (χ1) is 33.3. The lowest BCUT2D eigenvalue weighted by atomic mass is 9.70.